The van der Waals surface area contributed by atoms with Gasteiger partial charge in [0.05, 0.1) is 56.6 Å². The van der Waals surface area contributed by atoms with Gasteiger partial charge in [0, 0.05) is 38.3 Å². The van der Waals surface area contributed by atoms with Crippen LogP contribution in [0.15, 0.2) is 42.7 Å². The van der Waals surface area contributed by atoms with E-state index in [1.54, 1.807) is 0 Å². The van der Waals surface area contributed by atoms with Crippen molar-refractivity contribution in [3.63, 3.8) is 0 Å². The third-order valence-electron chi connectivity index (χ3n) is 11.2. The van der Waals surface area contributed by atoms with Crippen LogP contribution in [-0.4, -0.2) is 108 Å². The maximum absolute atomic E-state index is 14.6. The molecule has 8 rings (SSSR count). The van der Waals surface area contributed by atoms with Gasteiger partial charge in [0.15, 0.2) is 11.6 Å². The molecule has 0 atom stereocenters. The molecule has 23 heteroatoms. The molecule has 0 spiro atoms. The van der Waals surface area contributed by atoms with Crippen molar-refractivity contribution < 1.29 is 55.3 Å². The number of anilines is 7. The Morgan fingerprint density at radius 3 is 1.80 bits per heavy atom. The van der Waals surface area contributed by atoms with Crippen LogP contribution in [0.3, 0.4) is 0 Å². The van der Waals surface area contributed by atoms with Crippen LogP contribution < -0.4 is 40.1 Å². The fraction of sp³-hybridized carbons (Fsp3) is 0.439. The summed E-state index contributed by atoms with van der Waals surface area (Å²) in [6.07, 6.45) is 9.63. The number of carboxylic acid groups (broad SMARTS) is 1. The number of carbonyl (C=O) groups excluding carboxylic acids is 2. The van der Waals surface area contributed by atoms with E-state index in [1.165, 1.54) is 68.7 Å². The van der Waals surface area contributed by atoms with Crippen molar-refractivity contribution in [1.82, 2.24) is 19.9 Å². The Kier molecular flexibility index (Phi) is 14.1. The van der Waals surface area contributed by atoms with Gasteiger partial charge in [-0.3, -0.25) is 9.59 Å². The van der Waals surface area contributed by atoms with Crippen molar-refractivity contribution in [3.8, 4) is 11.5 Å². The zero-order valence-corrected chi connectivity index (χ0v) is 35.8. The number of fused-ring (bicyclic) bond motifs is 2. The molecule has 0 saturated heterocycles. The Balaban J connectivity index is 0.000000174. The van der Waals surface area contributed by atoms with Crippen LogP contribution in [-0.2, 0) is 9.59 Å². The van der Waals surface area contributed by atoms with Gasteiger partial charge in [-0.1, -0.05) is 25.7 Å². The van der Waals surface area contributed by atoms with E-state index in [0.29, 0.717) is 17.3 Å². The highest BCUT2D eigenvalue weighted by molar-refractivity contribution is 6.28. The van der Waals surface area contributed by atoms with Crippen molar-refractivity contribution in [2.24, 2.45) is 0 Å². The van der Waals surface area contributed by atoms with Gasteiger partial charge in [-0.05, 0) is 55.5 Å². The molecular formula is C41H45ClF6N10O6. The summed E-state index contributed by atoms with van der Waals surface area (Å²) < 4.78 is 94.1. The Labute approximate surface area is 368 Å². The topological polar surface area (TPSA) is 192 Å². The maximum Gasteiger partial charge on any atom is 0.342 e. The molecule has 4 heterocycles. The van der Waals surface area contributed by atoms with Gasteiger partial charge in [0.1, 0.15) is 34.5 Å². The lowest BCUT2D eigenvalue weighted by molar-refractivity contribution is -0.141. The highest BCUT2D eigenvalue weighted by Crippen LogP contribution is 2.41. The van der Waals surface area contributed by atoms with Gasteiger partial charge >= 0.3 is 17.8 Å². The Hall–Kier alpha value is -6.32. The Morgan fingerprint density at radius 2 is 1.30 bits per heavy atom. The number of alkyl halides is 4. The van der Waals surface area contributed by atoms with Crippen molar-refractivity contribution in [3.05, 3.63) is 65.2 Å². The van der Waals surface area contributed by atoms with E-state index in [0.717, 1.165) is 73.3 Å². The predicted molar refractivity (Wildman–Crippen MR) is 226 cm³/mol. The fourth-order valence-electron chi connectivity index (χ4n) is 7.93. The van der Waals surface area contributed by atoms with Gasteiger partial charge in [0.25, 0.3) is 11.8 Å². The average molecular weight is 923 g/mol. The number of hydrogen-bond acceptors (Lipinski definition) is 13. The molecule has 0 unspecified atom stereocenters. The molecule has 4 N–H and O–H groups in total. The van der Waals surface area contributed by atoms with Gasteiger partial charge in [-0.15, -0.1) is 0 Å². The monoisotopic (exact) mass is 922 g/mol. The molecule has 0 radical (unpaired) electrons. The fourth-order valence-corrected chi connectivity index (χ4v) is 8.06. The summed E-state index contributed by atoms with van der Waals surface area (Å²) in [5.41, 5.74) is 5.74. The van der Waals surface area contributed by atoms with E-state index in [-0.39, 0.29) is 51.9 Å². The summed E-state index contributed by atoms with van der Waals surface area (Å²) in [7, 11) is 5.37. The van der Waals surface area contributed by atoms with E-state index in [2.05, 4.69) is 25.3 Å². The zero-order chi connectivity index (χ0) is 46.7. The third-order valence-corrected chi connectivity index (χ3v) is 11.4. The highest BCUT2D eigenvalue weighted by atomic mass is 35.5. The minimum absolute atomic E-state index is 0.0113. The molecule has 4 aliphatic rings. The zero-order valence-electron chi connectivity index (χ0n) is 35.1. The van der Waals surface area contributed by atoms with Crippen molar-refractivity contribution in [2.45, 2.75) is 75.3 Å². The summed E-state index contributed by atoms with van der Waals surface area (Å²) in [5.74, 6) is -11.0. The number of ether oxygens (including phenoxy) is 2. The molecule has 64 heavy (non-hydrogen) atoms. The molecule has 2 amide bonds. The van der Waals surface area contributed by atoms with E-state index < -0.39 is 59.9 Å². The normalized spacial score (nSPS) is 18.2. The summed E-state index contributed by atoms with van der Waals surface area (Å²) >= 11 is 5.82. The van der Waals surface area contributed by atoms with E-state index in [4.69, 9.17) is 31.9 Å². The summed E-state index contributed by atoms with van der Waals surface area (Å²) in [4.78, 5) is 56.1. The molecule has 344 valence electrons. The van der Waals surface area contributed by atoms with E-state index in [9.17, 15) is 40.7 Å². The molecule has 2 aromatic carbocycles. The third kappa shape index (κ3) is 10.1. The lowest BCUT2D eigenvalue weighted by Gasteiger charge is -2.31. The maximum atomic E-state index is 14.6. The van der Waals surface area contributed by atoms with Crippen LogP contribution in [0.2, 0.25) is 5.28 Å². The van der Waals surface area contributed by atoms with Crippen LogP contribution in [0.5, 0.6) is 11.5 Å². The second-order valence-corrected chi connectivity index (χ2v) is 15.7. The lowest BCUT2D eigenvalue weighted by Crippen LogP contribution is -2.48. The van der Waals surface area contributed by atoms with Crippen LogP contribution in [0, 0.1) is 11.6 Å². The molecule has 2 aliphatic heterocycles. The number of benzene rings is 2. The number of aromatic nitrogens is 4. The first-order valence-electron chi connectivity index (χ1n) is 20.0. The number of carbonyl (C=O) groups is 3. The number of amides is 2. The second kappa shape index (κ2) is 19.2. The first kappa shape index (κ1) is 47.2. The van der Waals surface area contributed by atoms with Crippen LogP contribution in [0.1, 0.15) is 61.7 Å². The number of hydrogen-bond donors (Lipinski definition) is 3. The molecule has 0 bridgehead atoms. The van der Waals surface area contributed by atoms with Gasteiger partial charge in [-0.25, -0.2) is 23.5 Å². The van der Waals surface area contributed by atoms with Crippen molar-refractivity contribution in [2.75, 3.05) is 72.1 Å². The quantitative estimate of drug-likeness (QED) is 0.0948. The van der Waals surface area contributed by atoms with Crippen molar-refractivity contribution in [1.29, 1.82) is 0 Å². The van der Waals surface area contributed by atoms with Crippen LogP contribution in [0.25, 0.3) is 0 Å². The minimum Gasteiger partial charge on any atom is -0.495 e. The van der Waals surface area contributed by atoms with Gasteiger partial charge < -0.3 is 45.2 Å². The van der Waals surface area contributed by atoms with Gasteiger partial charge in [0.2, 0.25) is 11.2 Å². The number of nitrogen functional groups attached to an aromatic ring is 1. The van der Waals surface area contributed by atoms with Crippen molar-refractivity contribution >= 4 is 69.7 Å². The minimum atomic E-state index is -3.54. The number of rotatable bonds is 7. The lowest BCUT2D eigenvalue weighted by atomic mass is 10.2. The number of carboxylic acids is 1. The molecule has 2 aliphatic carbocycles. The second-order valence-electron chi connectivity index (χ2n) is 15.4. The SMILES string of the molecule is CN1C(=O)C(F)(F)CN(C2CCCC2)c2nc(Cl)ncc21.COc1cc(C(=O)O)c(F)cc1N.COc1ccc(F)cc1Nc1ncc2c(n1)N(C1CCCC1)CC(F)(F)C(=O)N2C. The van der Waals surface area contributed by atoms with Crippen LogP contribution in [0.4, 0.5) is 66.7 Å². The molecule has 2 saturated carbocycles. The standard InChI is InChI=1S/C20H22F3N5O2.C13H15ClF2N4O.C8H8FNO3/c1-27-15-10-24-19(25-14-9-12(21)7-8-16(14)30-2)26-17(15)28(13-5-3-4-6-13)11-20(22,23)18(27)29;1-19-9-6-17-12(14)18-10(9)20(8-4-2-3-5-8)7-13(15,16)11(19)21;1-13-7-2-4(8(11)12)5(9)3-6(7)10/h7-10,13H,3-6,11H2,1-2H3,(H,24,25,26);6,8H,2-5,7H2,1H3;2-3H,10H2,1H3,(H,11,12). The molecule has 16 nitrogen and oxygen atoms in total. The smallest absolute Gasteiger partial charge is 0.342 e. The Morgan fingerprint density at radius 1 is 0.797 bits per heavy atom. The first-order chi connectivity index (χ1) is 30.3. The predicted octanol–water partition coefficient (Wildman–Crippen LogP) is 7.33. The summed E-state index contributed by atoms with van der Waals surface area (Å²) in [5, 5.41) is 11.4. The Bertz CT molecular complexity index is 2390. The van der Waals surface area contributed by atoms with Gasteiger partial charge in [-0.2, -0.15) is 27.5 Å². The number of nitrogens with two attached hydrogens (primary N) is 1. The number of nitrogens with one attached hydrogen (secondary N) is 1. The largest absolute Gasteiger partial charge is 0.495 e. The van der Waals surface area contributed by atoms with E-state index in [1.807, 2.05) is 0 Å². The first-order valence-corrected chi connectivity index (χ1v) is 20.4. The number of halogens is 7. The number of aromatic carboxylic acids is 1. The highest BCUT2D eigenvalue weighted by Gasteiger charge is 2.50. The summed E-state index contributed by atoms with van der Waals surface area (Å²) in [6.45, 7) is -1.41. The molecule has 2 fully saturated rings. The molecule has 4 aromatic rings. The number of methoxy groups -OCH3 is 2. The van der Waals surface area contributed by atoms with E-state index >= 15 is 0 Å². The van der Waals surface area contributed by atoms with Crippen LogP contribution >= 0.6 is 11.6 Å². The molecule has 2 aromatic heterocycles. The average Bonchev–Trinajstić information content (AvgIpc) is 3.98. The molecular weight excluding hydrogens is 878 g/mol. The summed E-state index contributed by atoms with van der Waals surface area (Å²) in [6, 6.07) is 5.73. The number of nitrogens with zero attached hydrogens (tertiary/aromatic N) is 8.